The van der Waals surface area contributed by atoms with E-state index in [1.54, 1.807) is 25.3 Å². The second-order valence-corrected chi connectivity index (χ2v) is 9.08. The molecule has 0 bridgehead atoms. The van der Waals surface area contributed by atoms with Gasteiger partial charge in [-0.25, -0.2) is 0 Å². The van der Waals surface area contributed by atoms with Crippen molar-refractivity contribution in [3.63, 3.8) is 0 Å². The zero-order valence-electron chi connectivity index (χ0n) is 22.5. The van der Waals surface area contributed by atoms with Gasteiger partial charge < -0.3 is 26.4 Å². The van der Waals surface area contributed by atoms with Crippen LogP contribution in [0.15, 0.2) is 72.9 Å². The first kappa shape index (κ1) is 29.3. The molecule has 0 saturated heterocycles. The van der Waals surface area contributed by atoms with Crippen LogP contribution in [-0.2, 0) is 40.3 Å². The molecule has 9 nitrogen and oxygen atoms in total. The first-order chi connectivity index (χ1) is 18.9. The van der Waals surface area contributed by atoms with Gasteiger partial charge in [-0.2, -0.15) is 0 Å². The summed E-state index contributed by atoms with van der Waals surface area (Å²) in [6, 6.07) is 18.7. The summed E-state index contributed by atoms with van der Waals surface area (Å²) < 4.78 is 5.49. The van der Waals surface area contributed by atoms with Crippen LogP contribution in [0.2, 0.25) is 0 Å². The molecular weight excluding hydrogens is 494 g/mol. The zero-order chi connectivity index (χ0) is 28.0. The molecule has 9 heteroatoms. The molecule has 0 aliphatic heterocycles. The largest absolute Gasteiger partial charge is 0.494 e. The van der Waals surface area contributed by atoms with Crippen molar-refractivity contribution in [3.8, 4) is 5.75 Å². The molecule has 0 saturated carbocycles. The maximum absolute atomic E-state index is 13.5. The molecule has 0 radical (unpaired) electrons. The highest BCUT2D eigenvalue weighted by molar-refractivity contribution is 5.92. The van der Waals surface area contributed by atoms with Gasteiger partial charge in [-0.05, 0) is 47.9 Å². The van der Waals surface area contributed by atoms with Gasteiger partial charge in [0.25, 0.3) is 0 Å². The summed E-state index contributed by atoms with van der Waals surface area (Å²) in [5, 5.41) is 8.55. The summed E-state index contributed by atoms with van der Waals surface area (Å²) in [5.74, 6) is -0.329. The lowest BCUT2D eigenvalue weighted by atomic mass is 10.0. The Balaban J connectivity index is 1.75. The molecule has 3 aromatic rings. The maximum Gasteiger partial charge on any atom is 0.243 e. The second kappa shape index (κ2) is 15.2. The van der Waals surface area contributed by atoms with Crippen molar-refractivity contribution in [1.82, 2.24) is 20.9 Å². The molecule has 5 N–H and O–H groups in total. The molecule has 1 heterocycles. The van der Waals surface area contributed by atoms with Crippen molar-refractivity contribution >= 4 is 17.7 Å². The smallest absolute Gasteiger partial charge is 0.243 e. The Bertz CT molecular complexity index is 1200. The Hall–Kier alpha value is -4.24. The van der Waals surface area contributed by atoms with Gasteiger partial charge >= 0.3 is 0 Å². The molecule has 2 aromatic carbocycles. The van der Waals surface area contributed by atoms with E-state index in [4.69, 9.17) is 10.5 Å². The van der Waals surface area contributed by atoms with E-state index in [0.717, 1.165) is 22.4 Å². The van der Waals surface area contributed by atoms with Crippen LogP contribution in [0.3, 0.4) is 0 Å². The molecule has 0 aliphatic carbocycles. The fourth-order valence-electron chi connectivity index (χ4n) is 3.94. The Morgan fingerprint density at radius 1 is 0.821 bits per heavy atom. The van der Waals surface area contributed by atoms with Gasteiger partial charge in [-0.15, -0.1) is 0 Å². The van der Waals surface area contributed by atoms with E-state index in [2.05, 4.69) is 20.9 Å². The average Bonchev–Trinajstić information content (AvgIpc) is 2.97. The van der Waals surface area contributed by atoms with Crippen molar-refractivity contribution in [1.29, 1.82) is 0 Å². The Labute approximate surface area is 229 Å². The van der Waals surface area contributed by atoms with E-state index in [0.29, 0.717) is 25.4 Å². The monoisotopic (exact) mass is 531 g/mol. The first-order valence-electron chi connectivity index (χ1n) is 13.2. The summed E-state index contributed by atoms with van der Waals surface area (Å²) in [6.07, 6.45) is 2.33. The van der Waals surface area contributed by atoms with Gasteiger partial charge in [0.2, 0.25) is 17.7 Å². The molecular formula is C30H37N5O4. The third kappa shape index (κ3) is 9.54. The van der Waals surface area contributed by atoms with Crippen LogP contribution >= 0.6 is 0 Å². The van der Waals surface area contributed by atoms with Crippen molar-refractivity contribution < 1.29 is 19.1 Å². The standard InChI is InChI=1S/C30H37N5O4/c1-3-28(36)34-26(17-21-12-14-25(15-13-21)39-4-2)30(38)35-27(18-24-7-5-6-16-32-24)29(37)33-20-23-10-8-22(19-31)9-11-23/h5-16,26-27H,3-4,17-20,31H2,1-2H3,(H,33,37)(H,34,36)(H,35,38)/t26-,27+/m0/s1. The Morgan fingerprint density at radius 2 is 1.49 bits per heavy atom. The molecule has 2 atom stereocenters. The quantitative estimate of drug-likeness (QED) is 0.252. The number of nitrogens with zero attached hydrogens (tertiary/aromatic N) is 1. The number of hydrogen-bond acceptors (Lipinski definition) is 6. The number of carbonyl (C=O) groups excluding carboxylic acids is 3. The Morgan fingerprint density at radius 3 is 2.10 bits per heavy atom. The fourth-order valence-corrected chi connectivity index (χ4v) is 3.94. The van der Waals surface area contributed by atoms with Gasteiger partial charge in [0.1, 0.15) is 17.8 Å². The number of ether oxygens (including phenoxy) is 1. The lowest BCUT2D eigenvalue weighted by Gasteiger charge is -2.23. The number of nitrogens with one attached hydrogen (secondary N) is 3. The number of amides is 3. The first-order valence-corrected chi connectivity index (χ1v) is 13.2. The van der Waals surface area contributed by atoms with Gasteiger partial charge in [-0.3, -0.25) is 19.4 Å². The number of hydrogen-bond donors (Lipinski definition) is 4. The lowest BCUT2D eigenvalue weighted by Crippen LogP contribution is -2.55. The number of nitrogens with two attached hydrogens (primary N) is 1. The number of pyridine rings is 1. The fraction of sp³-hybridized carbons (Fsp3) is 0.333. The van der Waals surface area contributed by atoms with Crippen molar-refractivity contribution in [2.45, 2.75) is 58.3 Å². The Kier molecular flexibility index (Phi) is 11.5. The molecule has 1 aromatic heterocycles. The minimum atomic E-state index is -0.892. The SMILES string of the molecule is CCOc1ccc(C[C@H](NC(=O)CC)C(=O)N[C@H](Cc2ccccn2)C(=O)NCc2ccc(CN)cc2)cc1. The number of carbonyl (C=O) groups is 3. The number of rotatable bonds is 14. The molecule has 3 rings (SSSR count). The third-order valence-electron chi connectivity index (χ3n) is 6.14. The van der Waals surface area contributed by atoms with Gasteiger partial charge in [0.05, 0.1) is 6.61 Å². The summed E-state index contributed by atoms with van der Waals surface area (Å²) in [5.41, 5.74) is 9.08. The van der Waals surface area contributed by atoms with Gasteiger partial charge in [0.15, 0.2) is 0 Å². The lowest BCUT2D eigenvalue weighted by molar-refractivity contribution is -0.132. The highest BCUT2D eigenvalue weighted by Crippen LogP contribution is 2.14. The van der Waals surface area contributed by atoms with Crippen LogP contribution in [0.4, 0.5) is 0 Å². The normalized spacial score (nSPS) is 12.2. The molecule has 3 amide bonds. The maximum atomic E-state index is 13.5. The average molecular weight is 532 g/mol. The van der Waals surface area contributed by atoms with E-state index in [1.165, 1.54) is 0 Å². The van der Waals surface area contributed by atoms with Crippen molar-refractivity contribution in [3.05, 3.63) is 95.3 Å². The number of benzene rings is 2. The minimum absolute atomic E-state index is 0.196. The van der Waals surface area contributed by atoms with Crippen LogP contribution < -0.4 is 26.4 Å². The summed E-state index contributed by atoms with van der Waals surface area (Å²) in [4.78, 5) is 43.3. The van der Waals surface area contributed by atoms with E-state index >= 15 is 0 Å². The van der Waals surface area contributed by atoms with Crippen molar-refractivity contribution in [2.75, 3.05) is 6.61 Å². The molecule has 0 aliphatic rings. The molecule has 0 spiro atoms. The predicted octanol–water partition coefficient (Wildman–Crippen LogP) is 2.42. The highest BCUT2D eigenvalue weighted by Gasteiger charge is 2.27. The highest BCUT2D eigenvalue weighted by atomic mass is 16.5. The molecule has 39 heavy (non-hydrogen) atoms. The molecule has 0 fully saturated rings. The molecule has 206 valence electrons. The van der Waals surface area contributed by atoms with Gasteiger partial charge in [-0.1, -0.05) is 49.4 Å². The number of aromatic nitrogens is 1. The van der Waals surface area contributed by atoms with Crippen LogP contribution in [0.5, 0.6) is 5.75 Å². The summed E-state index contributed by atoms with van der Waals surface area (Å²) >= 11 is 0. The van der Waals surface area contributed by atoms with Gasteiger partial charge in [0, 0.05) is 44.2 Å². The van der Waals surface area contributed by atoms with E-state index in [9.17, 15) is 14.4 Å². The third-order valence-corrected chi connectivity index (χ3v) is 6.14. The van der Waals surface area contributed by atoms with E-state index in [1.807, 2.05) is 61.5 Å². The van der Waals surface area contributed by atoms with Crippen molar-refractivity contribution in [2.24, 2.45) is 5.73 Å². The van der Waals surface area contributed by atoms with Crippen LogP contribution in [0.25, 0.3) is 0 Å². The topological polar surface area (TPSA) is 135 Å². The predicted molar refractivity (Wildman–Crippen MR) is 150 cm³/mol. The summed E-state index contributed by atoms with van der Waals surface area (Å²) in [6.45, 7) is 4.91. The van der Waals surface area contributed by atoms with Crippen LogP contribution in [0, 0.1) is 0 Å². The van der Waals surface area contributed by atoms with E-state index in [-0.39, 0.29) is 31.1 Å². The van der Waals surface area contributed by atoms with Crippen LogP contribution in [-0.4, -0.2) is 41.4 Å². The van der Waals surface area contributed by atoms with E-state index < -0.39 is 18.0 Å². The molecule has 0 unspecified atom stereocenters. The zero-order valence-corrected chi connectivity index (χ0v) is 22.5. The minimum Gasteiger partial charge on any atom is -0.494 e. The van der Waals surface area contributed by atoms with Crippen LogP contribution in [0.1, 0.15) is 42.7 Å². The second-order valence-electron chi connectivity index (χ2n) is 9.08. The summed E-state index contributed by atoms with van der Waals surface area (Å²) in [7, 11) is 0.